The maximum atomic E-state index is 10.3. The van der Waals surface area contributed by atoms with Crippen LogP contribution in [-0.4, -0.2) is 17.7 Å². The molecule has 0 saturated carbocycles. The number of carbonyl (C=O) groups excluding carboxylic acids is 2. The third-order valence-corrected chi connectivity index (χ3v) is 1.05. The Morgan fingerprint density at radius 1 is 1.62 bits per heavy atom. The van der Waals surface area contributed by atoms with Gasteiger partial charge in [-0.15, -0.1) is 0 Å². The lowest BCUT2D eigenvalue weighted by atomic mass is 10.6. The first-order valence-electron chi connectivity index (χ1n) is 2.01. The predicted molar refractivity (Wildman–Crippen MR) is 33.7 cm³/mol. The molecule has 0 aliphatic heterocycles. The Kier molecular flexibility index (Phi) is 4.26. The molecule has 0 fully saturated rings. The van der Waals surface area contributed by atoms with E-state index in [0.29, 0.717) is 6.29 Å². The standard InChI is InChI=1S/C5H6O2S/c1-8-5(7)3-2-4-6/h2-4H,1H3/b3-2-. The van der Waals surface area contributed by atoms with Gasteiger partial charge in [0.2, 0.25) is 5.12 Å². The zero-order valence-corrected chi connectivity index (χ0v) is 5.27. The number of hydrogen-bond acceptors (Lipinski definition) is 3. The number of rotatable bonds is 2. The lowest BCUT2D eigenvalue weighted by Crippen LogP contribution is -1.80. The molecule has 0 aromatic rings. The summed E-state index contributed by atoms with van der Waals surface area (Å²) in [5, 5.41) is -0.0999. The highest BCUT2D eigenvalue weighted by molar-refractivity contribution is 8.13. The van der Waals surface area contributed by atoms with Crippen molar-refractivity contribution in [2.24, 2.45) is 0 Å². The molecule has 0 saturated heterocycles. The normalized spacial score (nSPS) is 9.62. The Hall–Kier alpha value is -0.570. The number of aldehydes is 1. The van der Waals surface area contributed by atoms with Crippen molar-refractivity contribution in [3.8, 4) is 0 Å². The summed E-state index contributed by atoms with van der Waals surface area (Å²) in [4.78, 5) is 19.9. The van der Waals surface area contributed by atoms with E-state index in [1.165, 1.54) is 12.2 Å². The van der Waals surface area contributed by atoms with Gasteiger partial charge in [0.05, 0.1) is 0 Å². The minimum absolute atomic E-state index is 0.0999. The van der Waals surface area contributed by atoms with Gasteiger partial charge in [-0.05, 0) is 18.4 Å². The molecule has 0 aromatic carbocycles. The maximum absolute atomic E-state index is 10.3. The van der Waals surface area contributed by atoms with E-state index in [1.807, 2.05) is 0 Å². The van der Waals surface area contributed by atoms with Gasteiger partial charge >= 0.3 is 0 Å². The van der Waals surface area contributed by atoms with Crippen LogP contribution < -0.4 is 0 Å². The van der Waals surface area contributed by atoms with Crippen molar-refractivity contribution >= 4 is 23.2 Å². The van der Waals surface area contributed by atoms with E-state index in [1.54, 1.807) is 6.26 Å². The highest BCUT2D eigenvalue weighted by Gasteiger charge is 1.86. The molecule has 0 amide bonds. The molecule has 0 heterocycles. The molecule has 0 aromatic heterocycles. The summed E-state index contributed by atoms with van der Waals surface area (Å²) in [6.07, 6.45) is 4.65. The van der Waals surface area contributed by atoms with E-state index in [2.05, 4.69) is 0 Å². The number of thioether (sulfide) groups is 1. The summed E-state index contributed by atoms with van der Waals surface area (Å²) in [6.45, 7) is 0. The van der Waals surface area contributed by atoms with Crippen molar-refractivity contribution < 1.29 is 9.59 Å². The Morgan fingerprint density at radius 3 is 2.62 bits per heavy atom. The van der Waals surface area contributed by atoms with Gasteiger partial charge < -0.3 is 0 Å². The molecule has 0 spiro atoms. The Morgan fingerprint density at radius 2 is 2.25 bits per heavy atom. The van der Waals surface area contributed by atoms with E-state index >= 15 is 0 Å². The first-order valence-corrected chi connectivity index (χ1v) is 3.23. The smallest absolute Gasteiger partial charge is 0.211 e. The molecule has 0 aliphatic carbocycles. The average molecular weight is 130 g/mol. The molecule has 0 aliphatic rings. The van der Waals surface area contributed by atoms with Crippen molar-refractivity contribution in [3.63, 3.8) is 0 Å². The largest absolute Gasteiger partial charge is 0.299 e. The van der Waals surface area contributed by atoms with Gasteiger partial charge in [-0.2, -0.15) is 0 Å². The molecular formula is C5H6O2S. The summed E-state index contributed by atoms with van der Waals surface area (Å²) in [5.74, 6) is 0. The van der Waals surface area contributed by atoms with Crippen molar-refractivity contribution in [1.29, 1.82) is 0 Å². The lowest BCUT2D eigenvalue weighted by molar-refractivity contribution is -0.108. The molecule has 0 atom stereocenters. The van der Waals surface area contributed by atoms with E-state index < -0.39 is 0 Å². The van der Waals surface area contributed by atoms with Crippen LogP contribution in [0, 0.1) is 0 Å². The van der Waals surface area contributed by atoms with E-state index in [-0.39, 0.29) is 5.12 Å². The lowest BCUT2D eigenvalue weighted by Gasteiger charge is -1.77. The van der Waals surface area contributed by atoms with Crippen molar-refractivity contribution in [1.82, 2.24) is 0 Å². The third kappa shape index (κ3) is 3.61. The van der Waals surface area contributed by atoms with Crippen LogP contribution in [0.2, 0.25) is 0 Å². The van der Waals surface area contributed by atoms with Gasteiger partial charge in [0, 0.05) is 0 Å². The second-order valence-corrected chi connectivity index (χ2v) is 1.83. The van der Waals surface area contributed by atoms with Gasteiger partial charge in [0.25, 0.3) is 0 Å². The van der Waals surface area contributed by atoms with Crippen LogP contribution in [0.15, 0.2) is 12.2 Å². The molecule has 0 bridgehead atoms. The van der Waals surface area contributed by atoms with Crippen LogP contribution in [-0.2, 0) is 9.59 Å². The second kappa shape index (κ2) is 4.59. The van der Waals surface area contributed by atoms with Crippen LogP contribution >= 0.6 is 11.8 Å². The molecular weight excluding hydrogens is 124 g/mol. The van der Waals surface area contributed by atoms with Gasteiger partial charge in [0.1, 0.15) is 6.29 Å². The van der Waals surface area contributed by atoms with Crippen molar-refractivity contribution in [2.75, 3.05) is 6.26 Å². The first-order chi connectivity index (χ1) is 3.81. The molecule has 0 unspecified atom stereocenters. The van der Waals surface area contributed by atoms with Crippen molar-refractivity contribution in [2.45, 2.75) is 0 Å². The van der Waals surface area contributed by atoms with Gasteiger partial charge in [0.15, 0.2) is 0 Å². The highest BCUT2D eigenvalue weighted by Crippen LogP contribution is 1.93. The van der Waals surface area contributed by atoms with E-state index in [9.17, 15) is 9.59 Å². The topological polar surface area (TPSA) is 34.1 Å². The SMILES string of the molecule is CSC(=O)/C=C\C=O. The monoisotopic (exact) mass is 130 g/mol. The summed E-state index contributed by atoms with van der Waals surface area (Å²) >= 11 is 1.08. The molecule has 8 heavy (non-hydrogen) atoms. The molecule has 0 rings (SSSR count). The second-order valence-electron chi connectivity index (χ2n) is 1.02. The maximum Gasteiger partial charge on any atom is 0.211 e. The summed E-state index contributed by atoms with van der Waals surface area (Å²) < 4.78 is 0. The van der Waals surface area contributed by atoms with Crippen molar-refractivity contribution in [3.05, 3.63) is 12.2 Å². The van der Waals surface area contributed by atoms with Gasteiger partial charge in [-0.3, -0.25) is 9.59 Å². The fraction of sp³-hybridized carbons (Fsp3) is 0.200. The van der Waals surface area contributed by atoms with Crippen LogP contribution in [0.3, 0.4) is 0 Å². The molecule has 0 radical (unpaired) electrons. The average Bonchev–Trinajstić information content (AvgIpc) is 1.83. The van der Waals surface area contributed by atoms with Crippen LogP contribution in [0.4, 0.5) is 0 Å². The fourth-order valence-corrected chi connectivity index (χ4v) is 0.401. The van der Waals surface area contributed by atoms with Crippen LogP contribution in [0.1, 0.15) is 0 Å². The Balaban J connectivity index is 3.52. The highest BCUT2D eigenvalue weighted by atomic mass is 32.2. The Bertz CT molecular complexity index is 118. The van der Waals surface area contributed by atoms with Crippen LogP contribution in [0.25, 0.3) is 0 Å². The zero-order chi connectivity index (χ0) is 6.41. The molecule has 3 heteroatoms. The summed E-state index contributed by atoms with van der Waals surface area (Å²) in [5.41, 5.74) is 0. The molecule has 44 valence electrons. The Labute approximate surface area is 52.0 Å². The third-order valence-electron chi connectivity index (χ3n) is 0.512. The van der Waals surface area contributed by atoms with Gasteiger partial charge in [-0.1, -0.05) is 11.8 Å². The number of allylic oxidation sites excluding steroid dienone is 1. The fourth-order valence-electron chi connectivity index (χ4n) is 0.186. The molecule has 2 nitrogen and oxygen atoms in total. The van der Waals surface area contributed by atoms with Gasteiger partial charge in [-0.25, -0.2) is 0 Å². The zero-order valence-electron chi connectivity index (χ0n) is 4.46. The predicted octanol–water partition coefficient (Wildman–Crippen LogP) is 0.631. The quantitative estimate of drug-likeness (QED) is 0.406. The van der Waals surface area contributed by atoms with E-state index in [0.717, 1.165) is 11.8 Å². The molecule has 0 N–H and O–H groups in total. The minimum atomic E-state index is -0.0999. The van der Waals surface area contributed by atoms with E-state index in [4.69, 9.17) is 0 Å². The summed E-state index contributed by atoms with van der Waals surface area (Å²) in [7, 11) is 0. The summed E-state index contributed by atoms with van der Waals surface area (Å²) in [6, 6.07) is 0. The van der Waals surface area contributed by atoms with Crippen LogP contribution in [0.5, 0.6) is 0 Å². The first kappa shape index (κ1) is 7.43. The minimum Gasteiger partial charge on any atom is -0.299 e. The number of hydrogen-bond donors (Lipinski definition) is 0. The number of carbonyl (C=O) groups is 2.